The number of aromatic nitrogens is 2. The fourth-order valence-electron chi connectivity index (χ4n) is 1.63. The van der Waals surface area contributed by atoms with E-state index in [4.69, 9.17) is 0 Å². The van der Waals surface area contributed by atoms with Crippen LogP contribution in [0.5, 0.6) is 0 Å². The van der Waals surface area contributed by atoms with Crippen LogP contribution in [0.1, 0.15) is 11.3 Å². The van der Waals surface area contributed by atoms with E-state index in [0.717, 1.165) is 16.9 Å². The largest absolute Gasteiger partial charge is 0.325 e. The van der Waals surface area contributed by atoms with Gasteiger partial charge < -0.3 is 10.6 Å². The Bertz CT molecular complexity index is 542. The van der Waals surface area contributed by atoms with Crippen molar-refractivity contribution in [3.8, 4) is 0 Å². The summed E-state index contributed by atoms with van der Waals surface area (Å²) in [4.78, 5) is 19.7. The van der Waals surface area contributed by atoms with Crippen LogP contribution in [0.3, 0.4) is 0 Å². The number of hydrogen-bond donors (Lipinski definition) is 2. The van der Waals surface area contributed by atoms with Gasteiger partial charge in [0.05, 0.1) is 12.2 Å². The van der Waals surface area contributed by atoms with E-state index < -0.39 is 0 Å². The summed E-state index contributed by atoms with van der Waals surface area (Å²) in [7, 11) is 0. The third-order valence-corrected chi connectivity index (χ3v) is 2.65. The molecule has 2 N–H and O–H groups in total. The first kappa shape index (κ1) is 13.2. The Labute approximate surface area is 112 Å². The average molecular weight is 256 g/mol. The van der Waals surface area contributed by atoms with Crippen LogP contribution in [0.2, 0.25) is 0 Å². The number of hydrogen-bond acceptors (Lipinski definition) is 4. The van der Waals surface area contributed by atoms with Crippen molar-refractivity contribution in [1.29, 1.82) is 0 Å². The summed E-state index contributed by atoms with van der Waals surface area (Å²) in [5, 5.41) is 5.90. The summed E-state index contributed by atoms with van der Waals surface area (Å²) in [5.74, 6) is -0.0663. The first-order valence-corrected chi connectivity index (χ1v) is 6.07. The second kappa shape index (κ2) is 6.61. The molecule has 1 heterocycles. The quantitative estimate of drug-likeness (QED) is 0.851. The highest BCUT2D eigenvalue weighted by Crippen LogP contribution is 2.12. The number of aryl methyl sites for hydroxylation is 1. The van der Waals surface area contributed by atoms with Gasteiger partial charge in [-0.15, -0.1) is 0 Å². The number of anilines is 1. The number of para-hydroxylation sites is 1. The van der Waals surface area contributed by atoms with E-state index in [2.05, 4.69) is 20.6 Å². The molecule has 5 heteroatoms. The van der Waals surface area contributed by atoms with E-state index in [1.54, 1.807) is 6.20 Å². The maximum atomic E-state index is 11.7. The van der Waals surface area contributed by atoms with Gasteiger partial charge >= 0.3 is 0 Å². The first-order chi connectivity index (χ1) is 9.25. The summed E-state index contributed by atoms with van der Waals surface area (Å²) in [6.45, 7) is 2.76. The highest BCUT2D eigenvalue weighted by Gasteiger charge is 2.03. The maximum absolute atomic E-state index is 11.7. The Morgan fingerprint density at radius 1 is 1.26 bits per heavy atom. The first-order valence-electron chi connectivity index (χ1n) is 6.07. The highest BCUT2D eigenvalue weighted by atomic mass is 16.1. The Balaban J connectivity index is 1.78. The second-order valence-electron chi connectivity index (χ2n) is 4.17. The smallest absolute Gasteiger partial charge is 0.238 e. The van der Waals surface area contributed by atoms with Crippen molar-refractivity contribution in [1.82, 2.24) is 15.3 Å². The molecule has 0 aliphatic carbocycles. The fraction of sp³-hybridized carbons (Fsp3) is 0.214. The van der Waals surface area contributed by atoms with Gasteiger partial charge in [0.1, 0.15) is 6.33 Å². The summed E-state index contributed by atoms with van der Waals surface area (Å²) in [5.41, 5.74) is 2.75. The standard InChI is InChI=1S/C14H16N4O/c1-11-4-2-3-5-13(11)18-14(19)9-16-8-12-6-7-15-10-17-12/h2-7,10,16H,8-9H2,1H3,(H,18,19). The van der Waals surface area contributed by atoms with Crippen molar-refractivity contribution in [2.45, 2.75) is 13.5 Å². The van der Waals surface area contributed by atoms with Crippen molar-refractivity contribution in [3.63, 3.8) is 0 Å². The molecule has 0 bridgehead atoms. The molecule has 5 nitrogen and oxygen atoms in total. The summed E-state index contributed by atoms with van der Waals surface area (Å²) in [6, 6.07) is 9.50. The van der Waals surface area contributed by atoms with Crippen molar-refractivity contribution in [2.75, 3.05) is 11.9 Å². The van der Waals surface area contributed by atoms with E-state index in [0.29, 0.717) is 6.54 Å². The summed E-state index contributed by atoms with van der Waals surface area (Å²) in [6.07, 6.45) is 3.17. The molecule has 1 aromatic heterocycles. The van der Waals surface area contributed by atoms with Crippen LogP contribution < -0.4 is 10.6 Å². The molecule has 0 saturated heterocycles. The predicted octanol–water partition coefficient (Wildman–Crippen LogP) is 1.51. The molecule has 0 radical (unpaired) electrons. The average Bonchev–Trinajstić information content (AvgIpc) is 2.43. The zero-order valence-electron chi connectivity index (χ0n) is 10.8. The van der Waals surface area contributed by atoms with Crippen LogP contribution in [-0.4, -0.2) is 22.4 Å². The number of rotatable bonds is 5. The van der Waals surface area contributed by atoms with E-state index in [1.807, 2.05) is 37.3 Å². The molecule has 0 spiro atoms. The molecule has 98 valence electrons. The fourth-order valence-corrected chi connectivity index (χ4v) is 1.63. The molecule has 1 amide bonds. The van der Waals surface area contributed by atoms with Crippen LogP contribution in [0.4, 0.5) is 5.69 Å². The van der Waals surface area contributed by atoms with E-state index in [1.165, 1.54) is 6.33 Å². The van der Waals surface area contributed by atoms with Gasteiger partial charge in [-0.05, 0) is 24.6 Å². The normalized spacial score (nSPS) is 10.2. The molecule has 1 aromatic carbocycles. The van der Waals surface area contributed by atoms with Gasteiger partial charge in [0.25, 0.3) is 0 Å². The minimum absolute atomic E-state index is 0.0663. The third-order valence-electron chi connectivity index (χ3n) is 2.65. The van der Waals surface area contributed by atoms with Gasteiger partial charge in [-0.3, -0.25) is 4.79 Å². The lowest BCUT2D eigenvalue weighted by Gasteiger charge is -2.08. The minimum atomic E-state index is -0.0663. The van der Waals surface area contributed by atoms with Gasteiger partial charge in [-0.1, -0.05) is 18.2 Å². The molecule has 0 aliphatic heterocycles. The van der Waals surface area contributed by atoms with Crippen molar-refractivity contribution in [3.05, 3.63) is 54.1 Å². The molecule has 0 fully saturated rings. The monoisotopic (exact) mass is 256 g/mol. The number of amides is 1. The number of carbonyl (C=O) groups excluding carboxylic acids is 1. The zero-order chi connectivity index (χ0) is 13.5. The molecule has 0 aliphatic rings. The molecule has 0 atom stereocenters. The van der Waals surface area contributed by atoms with Crippen molar-refractivity contribution in [2.24, 2.45) is 0 Å². The lowest BCUT2D eigenvalue weighted by Crippen LogP contribution is -2.28. The van der Waals surface area contributed by atoms with Crippen LogP contribution in [-0.2, 0) is 11.3 Å². The molecule has 0 unspecified atom stereocenters. The SMILES string of the molecule is Cc1ccccc1NC(=O)CNCc1ccncn1. The third kappa shape index (κ3) is 4.15. The Hall–Kier alpha value is -2.27. The molecule has 0 saturated carbocycles. The molecular weight excluding hydrogens is 240 g/mol. The molecule has 19 heavy (non-hydrogen) atoms. The van der Waals surface area contributed by atoms with Gasteiger partial charge in [0.2, 0.25) is 5.91 Å². The molecule has 2 aromatic rings. The highest BCUT2D eigenvalue weighted by molar-refractivity contribution is 5.92. The van der Waals surface area contributed by atoms with Crippen LogP contribution in [0.25, 0.3) is 0 Å². The second-order valence-corrected chi connectivity index (χ2v) is 4.17. The van der Waals surface area contributed by atoms with Crippen molar-refractivity contribution < 1.29 is 4.79 Å². The number of carbonyl (C=O) groups is 1. The van der Waals surface area contributed by atoms with Gasteiger partial charge in [-0.25, -0.2) is 9.97 Å². The Morgan fingerprint density at radius 2 is 2.11 bits per heavy atom. The van der Waals surface area contributed by atoms with Gasteiger partial charge in [0, 0.05) is 18.4 Å². The zero-order valence-corrected chi connectivity index (χ0v) is 10.8. The number of benzene rings is 1. The summed E-state index contributed by atoms with van der Waals surface area (Å²) < 4.78 is 0. The van der Waals surface area contributed by atoms with Crippen LogP contribution in [0.15, 0.2) is 42.9 Å². The van der Waals surface area contributed by atoms with Crippen molar-refractivity contribution >= 4 is 11.6 Å². The topological polar surface area (TPSA) is 66.9 Å². The maximum Gasteiger partial charge on any atom is 0.238 e. The van der Waals surface area contributed by atoms with Crippen LogP contribution in [0, 0.1) is 6.92 Å². The Morgan fingerprint density at radius 3 is 2.84 bits per heavy atom. The summed E-state index contributed by atoms with van der Waals surface area (Å²) >= 11 is 0. The van der Waals surface area contributed by atoms with Crippen LogP contribution >= 0.6 is 0 Å². The number of nitrogens with one attached hydrogen (secondary N) is 2. The van der Waals surface area contributed by atoms with E-state index in [-0.39, 0.29) is 12.5 Å². The van der Waals surface area contributed by atoms with E-state index in [9.17, 15) is 4.79 Å². The lowest BCUT2D eigenvalue weighted by molar-refractivity contribution is -0.115. The predicted molar refractivity (Wildman–Crippen MR) is 73.5 cm³/mol. The molecule has 2 rings (SSSR count). The van der Waals surface area contributed by atoms with E-state index >= 15 is 0 Å². The number of nitrogens with zero attached hydrogens (tertiary/aromatic N) is 2. The minimum Gasteiger partial charge on any atom is -0.325 e. The van der Waals surface area contributed by atoms with Gasteiger partial charge in [0.15, 0.2) is 0 Å². The van der Waals surface area contributed by atoms with Gasteiger partial charge in [-0.2, -0.15) is 0 Å². The lowest BCUT2D eigenvalue weighted by atomic mass is 10.2. The molecular formula is C14H16N4O. The Kier molecular flexibility index (Phi) is 4.58.